The molecule has 1 aliphatic heterocycles. The molecule has 17 heavy (non-hydrogen) atoms. The first-order valence-electron chi connectivity index (χ1n) is 6.49. The highest BCUT2D eigenvalue weighted by molar-refractivity contribution is 5.54. The molecule has 3 nitrogen and oxygen atoms in total. The van der Waals surface area contributed by atoms with Crippen LogP contribution in [-0.4, -0.2) is 44.2 Å². The first-order chi connectivity index (χ1) is 8.26. The van der Waals surface area contributed by atoms with E-state index in [9.17, 15) is 0 Å². The molecule has 1 unspecified atom stereocenters. The average molecular weight is 233 g/mol. The normalized spacial score (nSPS) is 21.8. The lowest BCUT2D eigenvalue weighted by atomic mass is 10.1. The van der Waals surface area contributed by atoms with Crippen LogP contribution in [0.25, 0.3) is 0 Å². The fourth-order valence-corrected chi connectivity index (χ4v) is 2.54. The molecule has 0 aliphatic carbocycles. The highest BCUT2D eigenvalue weighted by atomic mass is 15.3. The van der Waals surface area contributed by atoms with Crippen LogP contribution in [0.1, 0.15) is 12.5 Å². The van der Waals surface area contributed by atoms with Crippen LogP contribution in [0, 0.1) is 0 Å². The Morgan fingerprint density at radius 1 is 1.29 bits per heavy atom. The van der Waals surface area contributed by atoms with Crippen LogP contribution < -0.4 is 10.6 Å². The maximum absolute atomic E-state index is 5.84. The van der Waals surface area contributed by atoms with Gasteiger partial charge in [-0.15, -0.1) is 0 Å². The van der Waals surface area contributed by atoms with Crippen LogP contribution in [0.3, 0.4) is 0 Å². The second-order valence-electron chi connectivity index (χ2n) is 4.80. The quantitative estimate of drug-likeness (QED) is 0.855. The third kappa shape index (κ3) is 2.61. The van der Waals surface area contributed by atoms with E-state index in [4.69, 9.17) is 5.73 Å². The first-order valence-corrected chi connectivity index (χ1v) is 6.49. The zero-order chi connectivity index (χ0) is 12.3. The molecule has 0 amide bonds. The van der Waals surface area contributed by atoms with Gasteiger partial charge in [-0.1, -0.05) is 25.1 Å². The Morgan fingerprint density at radius 2 is 2.06 bits per heavy atom. The molecule has 0 bridgehead atoms. The lowest BCUT2D eigenvalue weighted by molar-refractivity contribution is 0.224. The van der Waals surface area contributed by atoms with Gasteiger partial charge >= 0.3 is 0 Å². The number of likely N-dealkylation sites (N-methyl/N-ethyl adjacent to an activating group) is 1. The summed E-state index contributed by atoms with van der Waals surface area (Å²) in [4.78, 5) is 4.85. The summed E-state index contributed by atoms with van der Waals surface area (Å²) in [5, 5.41) is 0. The minimum Gasteiger partial charge on any atom is -0.368 e. The summed E-state index contributed by atoms with van der Waals surface area (Å²) in [5.41, 5.74) is 8.66. The average Bonchev–Trinajstić information content (AvgIpc) is 2.39. The number of hydrogen-bond donors (Lipinski definition) is 1. The van der Waals surface area contributed by atoms with E-state index in [0.717, 1.165) is 32.6 Å². The van der Waals surface area contributed by atoms with Crippen molar-refractivity contribution in [1.82, 2.24) is 4.90 Å². The van der Waals surface area contributed by atoms with E-state index >= 15 is 0 Å². The van der Waals surface area contributed by atoms with Gasteiger partial charge in [-0.05, 0) is 25.1 Å². The van der Waals surface area contributed by atoms with Crippen molar-refractivity contribution in [3.05, 3.63) is 29.8 Å². The Kier molecular flexibility index (Phi) is 4.02. The van der Waals surface area contributed by atoms with Crippen molar-refractivity contribution in [3.63, 3.8) is 0 Å². The van der Waals surface area contributed by atoms with E-state index in [1.807, 2.05) is 0 Å². The van der Waals surface area contributed by atoms with Gasteiger partial charge in [0.05, 0.1) is 0 Å². The maximum atomic E-state index is 5.84. The summed E-state index contributed by atoms with van der Waals surface area (Å²) in [6.45, 7) is 6.20. The Hall–Kier alpha value is -1.06. The molecule has 0 spiro atoms. The molecule has 1 aliphatic rings. The fourth-order valence-electron chi connectivity index (χ4n) is 2.54. The van der Waals surface area contributed by atoms with Crippen LogP contribution in [-0.2, 0) is 6.42 Å². The van der Waals surface area contributed by atoms with E-state index in [1.54, 1.807) is 0 Å². The van der Waals surface area contributed by atoms with Gasteiger partial charge in [0.25, 0.3) is 0 Å². The molecular formula is C14H23N3. The minimum atomic E-state index is 0.480. The molecular weight excluding hydrogens is 210 g/mol. The minimum absolute atomic E-state index is 0.480. The molecule has 1 heterocycles. The maximum Gasteiger partial charge on any atom is 0.0399 e. The molecule has 3 heteroatoms. The summed E-state index contributed by atoms with van der Waals surface area (Å²) in [7, 11) is 2.17. The van der Waals surface area contributed by atoms with Crippen molar-refractivity contribution in [2.75, 3.05) is 38.1 Å². The summed E-state index contributed by atoms with van der Waals surface area (Å²) in [5.74, 6) is 0. The van der Waals surface area contributed by atoms with Crippen LogP contribution >= 0.6 is 0 Å². The standard InChI is InChI=1S/C14H23N3/c1-3-12-6-4-5-7-14(12)17-9-8-16(2)13(10-15)11-17/h4-7,13H,3,8-11,15H2,1-2H3. The molecule has 1 aromatic carbocycles. The van der Waals surface area contributed by atoms with Crippen molar-refractivity contribution >= 4 is 5.69 Å². The second-order valence-corrected chi connectivity index (χ2v) is 4.80. The van der Waals surface area contributed by atoms with Gasteiger partial charge in [0.2, 0.25) is 0 Å². The van der Waals surface area contributed by atoms with Gasteiger partial charge in [-0.3, -0.25) is 4.90 Å². The highest BCUT2D eigenvalue weighted by Crippen LogP contribution is 2.23. The number of para-hydroxylation sites is 1. The van der Waals surface area contributed by atoms with Gasteiger partial charge in [0.1, 0.15) is 0 Å². The third-order valence-corrected chi connectivity index (χ3v) is 3.76. The Morgan fingerprint density at radius 3 is 2.76 bits per heavy atom. The zero-order valence-corrected chi connectivity index (χ0v) is 10.9. The lowest BCUT2D eigenvalue weighted by Crippen LogP contribution is -2.54. The van der Waals surface area contributed by atoms with Crippen molar-refractivity contribution in [1.29, 1.82) is 0 Å². The number of aryl methyl sites for hydroxylation is 1. The summed E-state index contributed by atoms with van der Waals surface area (Å²) in [6.07, 6.45) is 1.09. The lowest BCUT2D eigenvalue weighted by Gasteiger charge is -2.40. The van der Waals surface area contributed by atoms with Gasteiger partial charge in [-0.25, -0.2) is 0 Å². The van der Waals surface area contributed by atoms with Crippen LogP contribution in [0.5, 0.6) is 0 Å². The molecule has 2 rings (SSSR count). The SMILES string of the molecule is CCc1ccccc1N1CCN(C)C(CN)C1. The molecule has 1 saturated heterocycles. The fraction of sp³-hybridized carbons (Fsp3) is 0.571. The van der Waals surface area contributed by atoms with E-state index in [1.165, 1.54) is 11.3 Å². The third-order valence-electron chi connectivity index (χ3n) is 3.76. The van der Waals surface area contributed by atoms with E-state index in [0.29, 0.717) is 6.04 Å². The van der Waals surface area contributed by atoms with Gasteiger partial charge in [-0.2, -0.15) is 0 Å². The Labute approximate surface area is 104 Å². The number of rotatable bonds is 3. The number of nitrogens with two attached hydrogens (primary N) is 1. The van der Waals surface area contributed by atoms with E-state index in [-0.39, 0.29) is 0 Å². The number of benzene rings is 1. The largest absolute Gasteiger partial charge is 0.368 e. The van der Waals surface area contributed by atoms with Crippen LogP contribution in [0.4, 0.5) is 5.69 Å². The van der Waals surface area contributed by atoms with Gasteiger partial charge < -0.3 is 10.6 Å². The summed E-state index contributed by atoms with van der Waals surface area (Å²) in [6, 6.07) is 9.19. The predicted octanol–water partition coefficient (Wildman–Crippen LogP) is 1.33. The predicted molar refractivity (Wildman–Crippen MR) is 73.5 cm³/mol. The summed E-state index contributed by atoms with van der Waals surface area (Å²) >= 11 is 0. The smallest absolute Gasteiger partial charge is 0.0399 e. The number of hydrogen-bond acceptors (Lipinski definition) is 3. The molecule has 1 aromatic rings. The van der Waals surface area contributed by atoms with Gasteiger partial charge in [0, 0.05) is 37.9 Å². The summed E-state index contributed by atoms with van der Waals surface area (Å²) < 4.78 is 0. The zero-order valence-electron chi connectivity index (χ0n) is 10.9. The molecule has 1 fully saturated rings. The highest BCUT2D eigenvalue weighted by Gasteiger charge is 2.23. The molecule has 0 aromatic heterocycles. The number of anilines is 1. The second kappa shape index (κ2) is 5.52. The Bertz CT molecular complexity index is 364. The molecule has 1 atom stereocenters. The molecule has 2 N–H and O–H groups in total. The first kappa shape index (κ1) is 12.4. The van der Waals surface area contributed by atoms with Crippen molar-refractivity contribution in [2.45, 2.75) is 19.4 Å². The number of nitrogens with zero attached hydrogens (tertiary/aromatic N) is 2. The Balaban J connectivity index is 2.17. The monoisotopic (exact) mass is 233 g/mol. The van der Waals surface area contributed by atoms with Gasteiger partial charge in [0.15, 0.2) is 0 Å². The molecule has 0 radical (unpaired) electrons. The van der Waals surface area contributed by atoms with E-state index in [2.05, 4.69) is 48.0 Å². The topological polar surface area (TPSA) is 32.5 Å². The van der Waals surface area contributed by atoms with Crippen molar-refractivity contribution in [2.24, 2.45) is 5.73 Å². The molecule has 0 saturated carbocycles. The van der Waals surface area contributed by atoms with Crippen LogP contribution in [0.2, 0.25) is 0 Å². The van der Waals surface area contributed by atoms with Crippen molar-refractivity contribution < 1.29 is 0 Å². The molecule has 94 valence electrons. The van der Waals surface area contributed by atoms with E-state index < -0.39 is 0 Å². The number of piperazine rings is 1. The van der Waals surface area contributed by atoms with Crippen molar-refractivity contribution in [3.8, 4) is 0 Å². The van der Waals surface area contributed by atoms with Crippen LogP contribution in [0.15, 0.2) is 24.3 Å².